The average Bonchev–Trinajstić information content (AvgIpc) is 2.83. The van der Waals surface area contributed by atoms with E-state index in [4.69, 9.17) is 12.2 Å². The molecule has 0 aliphatic heterocycles. The molecule has 3 N–H and O–H groups in total. The zero-order valence-corrected chi connectivity index (χ0v) is 10.7. The molecule has 0 unspecified atom stereocenters. The van der Waals surface area contributed by atoms with Gasteiger partial charge in [-0.15, -0.1) is 0 Å². The lowest BCUT2D eigenvalue weighted by Crippen LogP contribution is -1.84. The maximum absolute atomic E-state index is 4.90. The van der Waals surface area contributed by atoms with Gasteiger partial charge in [-0.3, -0.25) is 9.78 Å². The first-order valence-electron chi connectivity index (χ1n) is 4.90. The van der Waals surface area contributed by atoms with Crippen LogP contribution in [0.5, 0.6) is 0 Å². The molecular formula is C10H11N5S2. The summed E-state index contributed by atoms with van der Waals surface area (Å²) in [5.74, 6) is 0. The molecule has 2 aromatic heterocycles. The van der Waals surface area contributed by atoms with Crippen molar-refractivity contribution in [3.05, 3.63) is 40.1 Å². The lowest BCUT2D eigenvalue weighted by molar-refractivity contribution is 0.762. The smallest absolute Gasteiger partial charge is 0.213 e. The largest absolute Gasteiger partial charge is 0.331 e. The monoisotopic (exact) mass is 265 g/mol. The number of nitrogens with zero attached hydrogens (tertiary/aromatic N) is 2. The Hall–Kier alpha value is -1.73. The van der Waals surface area contributed by atoms with Gasteiger partial charge in [0.25, 0.3) is 0 Å². The topological polar surface area (TPSA) is 65.2 Å². The number of nitrogens with one attached hydrogen (secondary N) is 3. The van der Waals surface area contributed by atoms with Crippen LogP contribution < -0.4 is 0 Å². The molecule has 5 nitrogen and oxygen atoms in total. The third-order valence-corrected chi connectivity index (χ3v) is 2.44. The molecule has 0 amide bonds. The fourth-order valence-corrected chi connectivity index (χ4v) is 1.74. The van der Waals surface area contributed by atoms with Gasteiger partial charge in [-0.2, -0.15) is 0 Å². The van der Waals surface area contributed by atoms with Crippen LogP contribution in [0, 0.1) is 9.54 Å². The normalized spacial score (nSPS) is 9.94. The Morgan fingerprint density at radius 3 is 2.06 bits per heavy atom. The number of H-pyrrole nitrogens is 3. The number of rotatable bonds is 0. The van der Waals surface area contributed by atoms with Gasteiger partial charge >= 0.3 is 0 Å². The summed E-state index contributed by atoms with van der Waals surface area (Å²) in [7, 11) is 1.84. The summed E-state index contributed by atoms with van der Waals surface area (Å²) in [5.41, 5.74) is 2.13. The second kappa shape index (κ2) is 5.07. The van der Waals surface area contributed by atoms with Gasteiger partial charge in [0.05, 0.1) is 11.0 Å². The van der Waals surface area contributed by atoms with E-state index in [9.17, 15) is 0 Å². The number of para-hydroxylation sites is 2. The molecule has 0 bridgehead atoms. The summed E-state index contributed by atoms with van der Waals surface area (Å²) in [6, 6.07) is 7.92. The van der Waals surface area contributed by atoms with E-state index in [1.165, 1.54) is 0 Å². The zero-order chi connectivity index (χ0) is 12.3. The van der Waals surface area contributed by atoms with E-state index in [1.807, 2.05) is 31.3 Å². The summed E-state index contributed by atoms with van der Waals surface area (Å²) in [6.07, 6.45) is 1.63. The molecule has 88 valence electrons. The summed E-state index contributed by atoms with van der Waals surface area (Å²) < 4.78 is 2.91. The molecular weight excluding hydrogens is 254 g/mol. The fourth-order valence-electron chi connectivity index (χ4n) is 1.32. The minimum absolute atomic E-state index is 0.530. The Labute approximate surface area is 108 Å². The van der Waals surface area contributed by atoms with Crippen LogP contribution >= 0.6 is 24.4 Å². The van der Waals surface area contributed by atoms with Crippen molar-refractivity contribution >= 4 is 35.5 Å². The van der Waals surface area contributed by atoms with E-state index < -0.39 is 0 Å². The van der Waals surface area contributed by atoms with Gasteiger partial charge in [-0.25, -0.2) is 4.98 Å². The van der Waals surface area contributed by atoms with Gasteiger partial charge in [0.1, 0.15) is 6.33 Å². The van der Waals surface area contributed by atoms with Crippen molar-refractivity contribution in [2.75, 3.05) is 0 Å². The molecule has 0 fully saturated rings. The Morgan fingerprint density at radius 2 is 1.71 bits per heavy atom. The number of aryl methyl sites for hydroxylation is 1. The molecule has 1 aromatic carbocycles. The van der Waals surface area contributed by atoms with E-state index in [2.05, 4.69) is 32.3 Å². The molecule has 17 heavy (non-hydrogen) atoms. The van der Waals surface area contributed by atoms with Crippen LogP contribution in [0.4, 0.5) is 0 Å². The summed E-state index contributed by atoms with van der Waals surface area (Å²) >= 11 is 9.55. The van der Waals surface area contributed by atoms with Crippen LogP contribution in [0.3, 0.4) is 0 Å². The van der Waals surface area contributed by atoms with Crippen molar-refractivity contribution in [2.24, 2.45) is 7.05 Å². The standard InChI is InChI=1S/C7H6N2S.C3H5N3S/c10-7-8-5-3-1-2-4-6(5)9-7;1-6-2-4-3(7)5-6/h1-4H,(H2,8,9,10);2H,1H3,(H,5,7). The maximum Gasteiger partial charge on any atom is 0.213 e. The maximum atomic E-state index is 4.90. The van der Waals surface area contributed by atoms with Crippen LogP contribution in [0.15, 0.2) is 30.6 Å². The van der Waals surface area contributed by atoms with Crippen LogP contribution in [-0.2, 0) is 7.05 Å². The van der Waals surface area contributed by atoms with E-state index >= 15 is 0 Å². The first-order valence-corrected chi connectivity index (χ1v) is 5.71. The van der Waals surface area contributed by atoms with Crippen molar-refractivity contribution in [3.8, 4) is 0 Å². The van der Waals surface area contributed by atoms with Gasteiger partial charge in [-0.1, -0.05) is 12.1 Å². The first-order chi connectivity index (χ1) is 8.15. The average molecular weight is 265 g/mol. The molecule has 0 radical (unpaired) electrons. The molecule has 0 saturated heterocycles. The molecule has 2 heterocycles. The molecule has 0 spiro atoms. The van der Waals surface area contributed by atoms with E-state index in [-0.39, 0.29) is 0 Å². The number of hydrogen-bond donors (Lipinski definition) is 3. The Morgan fingerprint density at radius 1 is 1.12 bits per heavy atom. The van der Waals surface area contributed by atoms with Gasteiger partial charge in [-0.05, 0) is 36.6 Å². The molecule has 0 aliphatic carbocycles. The molecule has 7 heteroatoms. The first kappa shape index (κ1) is 11.7. The predicted octanol–water partition coefficient (Wildman–Crippen LogP) is 2.70. The zero-order valence-electron chi connectivity index (χ0n) is 9.10. The van der Waals surface area contributed by atoms with Crippen molar-refractivity contribution in [1.29, 1.82) is 0 Å². The van der Waals surface area contributed by atoms with Crippen LogP contribution in [0.25, 0.3) is 11.0 Å². The molecule has 3 rings (SSSR count). The van der Waals surface area contributed by atoms with Gasteiger partial charge in [0, 0.05) is 7.05 Å². The number of aromatic nitrogens is 5. The molecule has 3 aromatic rings. The van der Waals surface area contributed by atoms with Gasteiger partial charge < -0.3 is 9.97 Å². The number of benzene rings is 1. The highest BCUT2D eigenvalue weighted by Gasteiger charge is 1.90. The highest BCUT2D eigenvalue weighted by atomic mass is 32.1. The predicted molar refractivity (Wildman–Crippen MR) is 71.9 cm³/mol. The Kier molecular flexibility index (Phi) is 3.50. The number of aromatic amines is 3. The second-order valence-corrected chi connectivity index (χ2v) is 4.19. The summed E-state index contributed by atoms with van der Waals surface area (Å²) in [5, 5.41) is 2.76. The minimum Gasteiger partial charge on any atom is -0.331 e. The number of fused-ring (bicyclic) bond motifs is 1. The lowest BCUT2D eigenvalue weighted by Gasteiger charge is -1.82. The SMILES string of the molecule is Cn1cnc(=S)[nH]1.S=c1[nH]c2ccccc2[nH]1. The van der Waals surface area contributed by atoms with Gasteiger partial charge in [0.2, 0.25) is 4.77 Å². The molecule has 0 atom stereocenters. The van der Waals surface area contributed by atoms with E-state index in [0.717, 1.165) is 11.0 Å². The quantitative estimate of drug-likeness (QED) is 0.548. The third-order valence-electron chi connectivity index (χ3n) is 2.04. The number of imidazole rings is 1. The summed E-state index contributed by atoms with van der Waals surface area (Å²) in [4.78, 5) is 9.77. The van der Waals surface area contributed by atoms with Crippen LogP contribution in [-0.4, -0.2) is 24.7 Å². The second-order valence-electron chi connectivity index (χ2n) is 3.40. The van der Waals surface area contributed by atoms with Crippen molar-refractivity contribution in [2.45, 2.75) is 0 Å². The number of hydrogen-bond acceptors (Lipinski definition) is 3. The van der Waals surface area contributed by atoms with Crippen molar-refractivity contribution < 1.29 is 0 Å². The van der Waals surface area contributed by atoms with Crippen molar-refractivity contribution in [3.63, 3.8) is 0 Å². The van der Waals surface area contributed by atoms with E-state index in [1.54, 1.807) is 11.0 Å². The highest BCUT2D eigenvalue weighted by molar-refractivity contribution is 7.71. The van der Waals surface area contributed by atoms with Gasteiger partial charge in [0.15, 0.2) is 4.77 Å². The molecule has 0 aliphatic rings. The van der Waals surface area contributed by atoms with Crippen LogP contribution in [0.1, 0.15) is 0 Å². The van der Waals surface area contributed by atoms with Crippen molar-refractivity contribution in [1.82, 2.24) is 24.7 Å². The summed E-state index contributed by atoms with van der Waals surface area (Å²) in [6.45, 7) is 0. The lowest BCUT2D eigenvalue weighted by atomic mass is 10.3. The Bertz CT molecular complexity index is 681. The van der Waals surface area contributed by atoms with Crippen LogP contribution in [0.2, 0.25) is 0 Å². The Balaban J connectivity index is 0.000000136. The minimum atomic E-state index is 0.530. The fraction of sp³-hybridized carbons (Fsp3) is 0.100. The highest BCUT2D eigenvalue weighted by Crippen LogP contribution is 2.06. The molecule has 0 saturated carbocycles. The third kappa shape index (κ3) is 3.11. The van der Waals surface area contributed by atoms with E-state index in [0.29, 0.717) is 9.54 Å².